The van der Waals surface area contributed by atoms with Crippen LogP contribution in [-0.4, -0.2) is 15.0 Å². The largest absolute Gasteiger partial charge is 0.456 e. The van der Waals surface area contributed by atoms with Crippen molar-refractivity contribution in [1.82, 2.24) is 15.0 Å². The van der Waals surface area contributed by atoms with Gasteiger partial charge in [0.25, 0.3) is 0 Å². The number of hydrogen-bond donors (Lipinski definition) is 0. The van der Waals surface area contributed by atoms with Crippen molar-refractivity contribution in [2.24, 2.45) is 0 Å². The van der Waals surface area contributed by atoms with Gasteiger partial charge in [0.1, 0.15) is 11.2 Å². The van der Waals surface area contributed by atoms with Crippen LogP contribution in [0, 0.1) is 0 Å². The minimum absolute atomic E-state index is 0.0404. The minimum atomic E-state index is -0.507. The summed E-state index contributed by atoms with van der Waals surface area (Å²) in [5.74, 6) is -0.483. The van der Waals surface area contributed by atoms with E-state index in [1.807, 2.05) is 24.3 Å². The van der Waals surface area contributed by atoms with Crippen LogP contribution in [0.1, 0.15) is 13.7 Å². The fourth-order valence-electron chi connectivity index (χ4n) is 5.63. The van der Waals surface area contributed by atoms with Gasteiger partial charge >= 0.3 is 0 Å². The Morgan fingerprint density at radius 1 is 0.426 bits per heavy atom. The maximum Gasteiger partial charge on any atom is 0.164 e. The Morgan fingerprint density at radius 3 is 1.77 bits per heavy atom. The van der Waals surface area contributed by atoms with Crippen LogP contribution in [-0.2, 0) is 0 Å². The molecular formula is C43H27N3O. The topological polar surface area (TPSA) is 51.8 Å². The van der Waals surface area contributed by atoms with Crippen LogP contribution in [0.15, 0.2) is 168 Å². The van der Waals surface area contributed by atoms with Gasteiger partial charge in [0.15, 0.2) is 17.5 Å². The third-order valence-electron chi connectivity index (χ3n) is 7.85. The highest BCUT2D eigenvalue weighted by Gasteiger charge is 2.16. The molecule has 0 bridgehead atoms. The van der Waals surface area contributed by atoms with Gasteiger partial charge in [-0.1, -0.05) is 133 Å². The third kappa shape index (κ3) is 4.93. The Labute approximate surface area is 285 Å². The van der Waals surface area contributed by atoms with Gasteiger partial charge in [-0.3, -0.25) is 0 Å². The van der Waals surface area contributed by atoms with Gasteiger partial charge in [-0.15, -0.1) is 0 Å². The van der Waals surface area contributed by atoms with Crippen LogP contribution in [0.5, 0.6) is 0 Å². The molecule has 0 radical (unpaired) electrons. The Bertz CT molecular complexity index is 3140. The molecule has 0 N–H and O–H groups in total. The Morgan fingerprint density at radius 2 is 1.00 bits per heavy atom. The molecule has 9 aromatic rings. The molecule has 0 saturated carbocycles. The van der Waals surface area contributed by atoms with E-state index < -0.39 is 36.3 Å². The molecule has 0 atom stereocenters. The number of para-hydroxylation sites is 1. The van der Waals surface area contributed by atoms with Crippen molar-refractivity contribution in [2.75, 3.05) is 0 Å². The summed E-state index contributed by atoms with van der Waals surface area (Å²) >= 11 is 0. The van der Waals surface area contributed by atoms with Gasteiger partial charge in [0, 0.05) is 27.5 Å². The number of nitrogens with zero attached hydrogens (tertiary/aromatic N) is 3. The van der Waals surface area contributed by atoms with Crippen LogP contribution >= 0.6 is 0 Å². The van der Waals surface area contributed by atoms with Gasteiger partial charge in [0.2, 0.25) is 0 Å². The molecule has 4 heteroatoms. The SMILES string of the molecule is [2H]c1c([2H])c(-c2nc(-c3ccccc3)nc(-c3c([2H])c([2H])c4c([2H])c(-c5ccccc5)c([2H])c([2H])c4c3[2H])n2)c([2H])c(-c2cccc3oc4ccccc4c23)c1[2H]. The predicted molar refractivity (Wildman–Crippen MR) is 192 cm³/mol. The third-order valence-corrected chi connectivity index (χ3v) is 7.85. The molecule has 0 unspecified atom stereocenters. The Balaban J connectivity index is 1.34. The molecule has 0 amide bonds. The monoisotopic (exact) mass is 611 g/mol. The summed E-state index contributed by atoms with van der Waals surface area (Å²) in [6.07, 6.45) is 0. The van der Waals surface area contributed by atoms with Crippen molar-refractivity contribution in [3.05, 3.63) is 164 Å². The fourth-order valence-corrected chi connectivity index (χ4v) is 5.63. The smallest absolute Gasteiger partial charge is 0.164 e. The van der Waals surface area contributed by atoms with E-state index in [4.69, 9.17) is 14.0 Å². The zero-order chi connectivity index (χ0) is 39.9. The van der Waals surface area contributed by atoms with E-state index in [2.05, 4.69) is 15.0 Å². The molecule has 47 heavy (non-hydrogen) atoms. The van der Waals surface area contributed by atoms with E-state index in [0.717, 1.165) is 5.39 Å². The molecule has 220 valence electrons. The number of benzene rings is 7. The van der Waals surface area contributed by atoms with Crippen LogP contribution in [0.2, 0.25) is 0 Å². The second-order valence-corrected chi connectivity index (χ2v) is 10.8. The summed E-state index contributed by atoms with van der Waals surface area (Å²) in [4.78, 5) is 13.9. The molecule has 0 aliphatic heterocycles. The van der Waals surface area contributed by atoms with Crippen molar-refractivity contribution < 1.29 is 18.1 Å². The van der Waals surface area contributed by atoms with Gasteiger partial charge in [0.05, 0.1) is 13.7 Å². The van der Waals surface area contributed by atoms with Gasteiger partial charge < -0.3 is 4.42 Å². The fraction of sp³-hybridized carbons (Fsp3) is 0. The quantitative estimate of drug-likeness (QED) is 0.194. The van der Waals surface area contributed by atoms with Gasteiger partial charge in [-0.25, -0.2) is 15.0 Å². The second kappa shape index (κ2) is 11.2. The molecule has 0 aliphatic carbocycles. The van der Waals surface area contributed by atoms with E-state index >= 15 is 0 Å². The summed E-state index contributed by atoms with van der Waals surface area (Å²) < 4.78 is 97.3. The van der Waals surface area contributed by atoms with Crippen molar-refractivity contribution in [2.45, 2.75) is 0 Å². The number of hydrogen-bond acceptors (Lipinski definition) is 4. The lowest BCUT2D eigenvalue weighted by Crippen LogP contribution is -2.00. The Kier molecular flexibility index (Phi) is 4.42. The molecule has 0 aliphatic rings. The first-order chi connectivity index (χ1) is 27.5. The molecule has 7 aromatic carbocycles. The first kappa shape index (κ1) is 18.5. The second-order valence-electron chi connectivity index (χ2n) is 10.8. The van der Waals surface area contributed by atoms with Gasteiger partial charge in [-0.2, -0.15) is 0 Å². The van der Waals surface area contributed by atoms with Crippen molar-refractivity contribution in [3.63, 3.8) is 0 Å². The molecule has 0 fully saturated rings. The maximum atomic E-state index is 9.55. The van der Waals surface area contributed by atoms with Gasteiger partial charge in [-0.05, 0) is 63.3 Å². The predicted octanol–water partition coefficient (Wildman–Crippen LogP) is 11.3. The lowest BCUT2D eigenvalue weighted by molar-refractivity contribution is 0.669. The van der Waals surface area contributed by atoms with Crippen LogP contribution < -0.4 is 0 Å². The summed E-state index contributed by atoms with van der Waals surface area (Å²) in [5.41, 5.74) is 2.19. The minimum Gasteiger partial charge on any atom is -0.456 e. The Hall–Kier alpha value is -6.39. The highest BCUT2D eigenvalue weighted by Crippen LogP contribution is 2.38. The average Bonchev–Trinajstić information content (AvgIpc) is 3.61. The molecule has 0 saturated heterocycles. The number of fused-ring (bicyclic) bond motifs is 4. The summed E-state index contributed by atoms with van der Waals surface area (Å²) in [6, 6.07) is 25.9. The van der Waals surface area contributed by atoms with Crippen molar-refractivity contribution in [3.8, 4) is 56.4 Å². The van der Waals surface area contributed by atoms with E-state index in [9.17, 15) is 4.11 Å². The summed E-state index contributed by atoms with van der Waals surface area (Å²) in [6.45, 7) is 0. The van der Waals surface area contributed by atoms with Crippen molar-refractivity contribution >= 4 is 32.7 Å². The van der Waals surface area contributed by atoms with E-state index in [0.29, 0.717) is 33.2 Å². The molecule has 0 spiro atoms. The lowest BCUT2D eigenvalue weighted by Gasteiger charge is -2.11. The van der Waals surface area contributed by atoms with E-state index in [-0.39, 0.29) is 74.7 Å². The van der Waals surface area contributed by atoms with Crippen LogP contribution in [0.4, 0.5) is 0 Å². The highest BCUT2D eigenvalue weighted by molar-refractivity contribution is 6.12. The first-order valence-electron chi connectivity index (χ1n) is 19.9. The molecule has 9 rings (SSSR count). The molecule has 4 nitrogen and oxygen atoms in total. The van der Waals surface area contributed by atoms with Crippen LogP contribution in [0.25, 0.3) is 89.1 Å². The molecular weight excluding hydrogens is 574 g/mol. The highest BCUT2D eigenvalue weighted by atomic mass is 16.3. The first-order valence-corrected chi connectivity index (χ1v) is 14.9. The van der Waals surface area contributed by atoms with E-state index in [1.54, 1.807) is 78.9 Å². The summed E-state index contributed by atoms with van der Waals surface area (Å²) in [7, 11) is 0. The standard InChI is InChI=1S/C43H27N3O/c1-3-11-28(12-4-1)30-21-22-32-26-35(24-23-31(32)25-30)43-45-41(29-13-5-2-6-14-29)44-42(46-43)34-16-9-15-33(27-34)36-18-10-20-39-40(36)37-17-7-8-19-38(37)47-39/h1-27H/i9D,15D,16D,21D,22D,23D,24D,25D,26D,27D. The summed E-state index contributed by atoms with van der Waals surface area (Å²) in [5, 5.41) is 1.04. The number of furan rings is 1. The van der Waals surface area contributed by atoms with Crippen molar-refractivity contribution in [1.29, 1.82) is 0 Å². The molecule has 2 heterocycles. The normalized spacial score (nSPS) is 14.4. The number of rotatable bonds is 5. The van der Waals surface area contributed by atoms with E-state index in [1.165, 1.54) is 0 Å². The zero-order valence-electron chi connectivity index (χ0n) is 34.6. The average molecular weight is 612 g/mol. The molecule has 2 aromatic heterocycles. The zero-order valence-corrected chi connectivity index (χ0v) is 24.6. The number of aromatic nitrogens is 3. The van der Waals surface area contributed by atoms with Crippen LogP contribution in [0.3, 0.4) is 0 Å². The maximum absolute atomic E-state index is 9.55. The lowest BCUT2D eigenvalue weighted by atomic mass is 9.97.